The van der Waals surface area contributed by atoms with Gasteiger partial charge in [-0.2, -0.15) is 0 Å². The second-order valence-electron chi connectivity index (χ2n) is 4.84. The van der Waals surface area contributed by atoms with Gasteiger partial charge in [0, 0.05) is 11.7 Å². The van der Waals surface area contributed by atoms with Crippen LogP contribution in [-0.2, 0) is 14.6 Å². The third kappa shape index (κ3) is 4.04. The highest BCUT2D eigenvalue weighted by Crippen LogP contribution is 2.13. The molecule has 1 aromatic rings. The molecule has 6 heteroatoms. The lowest BCUT2D eigenvalue weighted by Gasteiger charge is -2.12. The van der Waals surface area contributed by atoms with Gasteiger partial charge in [0.05, 0.1) is 18.1 Å². The Kier molecular flexibility index (Phi) is 4.21. The highest BCUT2D eigenvalue weighted by molar-refractivity contribution is 7.91. The van der Waals surface area contributed by atoms with Crippen LogP contribution in [0, 0.1) is 6.92 Å². The molecule has 1 unspecified atom stereocenters. The van der Waals surface area contributed by atoms with Gasteiger partial charge in [-0.3, -0.25) is 4.79 Å². The fourth-order valence-corrected chi connectivity index (χ4v) is 3.81. The van der Waals surface area contributed by atoms with E-state index in [9.17, 15) is 13.2 Å². The second kappa shape index (κ2) is 5.71. The summed E-state index contributed by atoms with van der Waals surface area (Å²) < 4.78 is 22.6. The van der Waals surface area contributed by atoms with Crippen molar-refractivity contribution in [2.24, 2.45) is 0 Å². The van der Waals surface area contributed by atoms with Crippen LogP contribution in [0.1, 0.15) is 12.0 Å². The summed E-state index contributed by atoms with van der Waals surface area (Å²) >= 11 is 0. The SMILES string of the molecule is Cc1ccccc1NC(=O)CNC1CCS(=O)(=O)C1. The predicted molar refractivity (Wildman–Crippen MR) is 74.9 cm³/mol. The average Bonchev–Trinajstić information content (AvgIpc) is 2.69. The summed E-state index contributed by atoms with van der Waals surface area (Å²) in [5, 5.41) is 5.79. The third-order valence-electron chi connectivity index (χ3n) is 3.20. The van der Waals surface area contributed by atoms with Crippen molar-refractivity contribution in [2.45, 2.75) is 19.4 Å². The van der Waals surface area contributed by atoms with Gasteiger partial charge in [0.25, 0.3) is 0 Å². The van der Waals surface area contributed by atoms with Crippen molar-refractivity contribution >= 4 is 21.4 Å². The van der Waals surface area contributed by atoms with Crippen LogP contribution in [0.3, 0.4) is 0 Å². The van der Waals surface area contributed by atoms with E-state index in [1.165, 1.54) is 0 Å². The number of sulfone groups is 1. The number of nitrogens with one attached hydrogen (secondary N) is 2. The topological polar surface area (TPSA) is 75.3 Å². The Morgan fingerprint density at radius 1 is 1.37 bits per heavy atom. The molecule has 1 saturated heterocycles. The first kappa shape index (κ1) is 14.0. The highest BCUT2D eigenvalue weighted by Gasteiger charge is 2.27. The smallest absolute Gasteiger partial charge is 0.238 e. The number of aryl methyl sites for hydroxylation is 1. The van der Waals surface area contributed by atoms with Gasteiger partial charge >= 0.3 is 0 Å². The Morgan fingerprint density at radius 3 is 2.74 bits per heavy atom. The molecule has 1 aliphatic rings. The van der Waals surface area contributed by atoms with Crippen LogP contribution < -0.4 is 10.6 Å². The molecule has 2 N–H and O–H groups in total. The van der Waals surface area contributed by atoms with Crippen LogP contribution in [0.25, 0.3) is 0 Å². The molecule has 1 atom stereocenters. The number of carbonyl (C=O) groups excluding carboxylic acids is 1. The zero-order valence-electron chi connectivity index (χ0n) is 10.8. The zero-order valence-corrected chi connectivity index (χ0v) is 11.7. The maximum Gasteiger partial charge on any atom is 0.238 e. The summed E-state index contributed by atoms with van der Waals surface area (Å²) in [6, 6.07) is 7.43. The number of carbonyl (C=O) groups is 1. The monoisotopic (exact) mass is 282 g/mol. The molecule has 1 heterocycles. The molecule has 1 aliphatic heterocycles. The molecule has 2 rings (SSSR count). The predicted octanol–water partition coefficient (Wildman–Crippen LogP) is 0.710. The number of anilines is 1. The van der Waals surface area contributed by atoms with Crippen molar-refractivity contribution in [3.05, 3.63) is 29.8 Å². The number of hydrogen-bond donors (Lipinski definition) is 2. The van der Waals surface area contributed by atoms with Crippen molar-refractivity contribution in [1.82, 2.24) is 5.32 Å². The summed E-state index contributed by atoms with van der Waals surface area (Å²) in [5.74, 6) is 0.188. The summed E-state index contributed by atoms with van der Waals surface area (Å²) in [6.45, 7) is 2.06. The molecular weight excluding hydrogens is 264 g/mol. The highest BCUT2D eigenvalue weighted by atomic mass is 32.2. The molecule has 1 aromatic carbocycles. The van der Waals surface area contributed by atoms with Crippen LogP contribution in [0.15, 0.2) is 24.3 Å². The van der Waals surface area contributed by atoms with E-state index >= 15 is 0 Å². The minimum atomic E-state index is -2.90. The van der Waals surface area contributed by atoms with E-state index in [4.69, 9.17) is 0 Å². The molecule has 0 spiro atoms. The van der Waals surface area contributed by atoms with Gasteiger partial charge < -0.3 is 10.6 Å². The van der Waals surface area contributed by atoms with Crippen LogP contribution in [0.5, 0.6) is 0 Å². The fraction of sp³-hybridized carbons (Fsp3) is 0.462. The van der Waals surface area contributed by atoms with E-state index in [0.29, 0.717) is 6.42 Å². The van der Waals surface area contributed by atoms with E-state index in [0.717, 1.165) is 11.3 Å². The van der Waals surface area contributed by atoms with Gasteiger partial charge in [-0.15, -0.1) is 0 Å². The fourth-order valence-electron chi connectivity index (χ4n) is 2.10. The van der Waals surface area contributed by atoms with E-state index in [1.807, 2.05) is 31.2 Å². The maximum atomic E-state index is 11.8. The standard InChI is InChI=1S/C13H18N2O3S/c1-10-4-2-3-5-12(10)15-13(16)8-14-11-6-7-19(17,18)9-11/h2-5,11,14H,6-9H2,1H3,(H,15,16). The normalized spacial score (nSPS) is 21.2. The van der Waals surface area contributed by atoms with Gasteiger partial charge in [0.15, 0.2) is 9.84 Å². The molecule has 0 saturated carbocycles. The largest absolute Gasteiger partial charge is 0.325 e. The Hall–Kier alpha value is -1.40. The van der Waals surface area contributed by atoms with Gasteiger partial charge in [-0.05, 0) is 25.0 Å². The molecule has 0 aromatic heterocycles. The summed E-state index contributed by atoms with van der Waals surface area (Å²) in [7, 11) is -2.90. The minimum Gasteiger partial charge on any atom is -0.325 e. The Labute approximate surface area is 113 Å². The first-order valence-corrected chi connectivity index (χ1v) is 8.08. The number of hydrogen-bond acceptors (Lipinski definition) is 4. The van der Waals surface area contributed by atoms with Crippen molar-refractivity contribution in [1.29, 1.82) is 0 Å². The van der Waals surface area contributed by atoms with E-state index < -0.39 is 9.84 Å². The molecule has 0 radical (unpaired) electrons. The molecule has 0 aliphatic carbocycles. The van der Waals surface area contributed by atoms with Crippen LogP contribution in [0.2, 0.25) is 0 Å². The zero-order chi connectivity index (χ0) is 13.9. The Balaban J connectivity index is 1.81. The summed E-state index contributed by atoms with van der Waals surface area (Å²) in [5.41, 5.74) is 1.78. The summed E-state index contributed by atoms with van der Waals surface area (Å²) in [6.07, 6.45) is 0.583. The van der Waals surface area contributed by atoms with Crippen LogP contribution >= 0.6 is 0 Å². The van der Waals surface area contributed by atoms with E-state index in [2.05, 4.69) is 10.6 Å². The third-order valence-corrected chi connectivity index (χ3v) is 4.97. The lowest BCUT2D eigenvalue weighted by molar-refractivity contribution is -0.115. The van der Waals surface area contributed by atoms with Crippen LogP contribution in [-0.4, -0.2) is 38.4 Å². The molecule has 1 fully saturated rings. The number of benzene rings is 1. The first-order chi connectivity index (χ1) is 8.96. The van der Waals surface area contributed by atoms with Crippen molar-refractivity contribution in [3.8, 4) is 0 Å². The van der Waals surface area contributed by atoms with Gasteiger partial charge in [-0.25, -0.2) is 8.42 Å². The van der Waals surface area contributed by atoms with Crippen molar-refractivity contribution in [2.75, 3.05) is 23.4 Å². The average molecular weight is 282 g/mol. The molecule has 19 heavy (non-hydrogen) atoms. The number of amides is 1. The molecule has 5 nitrogen and oxygen atoms in total. The minimum absolute atomic E-state index is 0.104. The Morgan fingerprint density at radius 2 is 2.11 bits per heavy atom. The molecule has 104 valence electrons. The first-order valence-electron chi connectivity index (χ1n) is 6.25. The molecule has 1 amide bonds. The van der Waals surface area contributed by atoms with Gasteiger partial charge in [-0.1, -0.05) is 18.2 Å². The molecular formula is C13H18N2O3S. The number of para-hydroxylation sites is 1. The van der Waals surface area contributed by atoms with Crippen LogP contribution in [0.4, 0.5) is 5.69 Å². The van der Waals surface area contributed by atoms with E-state index in [-0.39, 0.29) is 30.0 Å². The maximum absolute atomic E-state index is 11.8. The lowest BCUT2D eigenvalue weighted by atomic mass is 10.2. The quantitative estimate of drug-likeness (QED) is 0.853. The van der Waals surface area contributed by atoms with Gasteiger partial charge in [0.2, 0.25) is 5.91 Å². The second-order valence-corrected chi connectivity index (χ2v) is 7.07. The number of rotatable bonds is 4. The van der Waals surface area contributed by atoms with Crippen molar-refractivity contribution < 1.29 is 13.2 Å². The van der Waals surface area contributed by atoms with E-state index in [1.54, 1.807) is 0 Å². The molecule has 0 bridgehead atoms. The van der Waals surface area contributed by atoms with Gasteiger partial charge in [0.1, 0.15) is 0 Å². The summed E-state index contributed by atoms with van der Waals surface area (Å²) in [4.78, 5) is 11.8. The lowest BCUT2D eigenvalue weighted by Crippen LogP contribution is -2.36. The Bertz CT molecular complexity index is 569. The van der Waals surface area contributed by atoms with Crippen molar-refractivity contribution in [3.63, 3.8) is 0 Å².